The highest BCUT2D eigenvalue weighted by atomic mass is 16.5. The van der Waals surface area contributed by atoms with E-state index in [0.29, 0.717) is 24.4 Å². The molecule has 0 fully saturated rings. The highest BCUT2D eigenvalue weighted by Crippen LogP contribution is 2.38. The summed E-state index contributed by atoms with van der Waals surface area (Å²) in [6.07, 6.45) is 1.98. The number of urea groups is 1. The molecule has 2 amide bonds. The number of hydrogen-bond donors (Lipinski definition) is 2. The molecule has 23 heavy (non-hydrogen) atoms. The number of aromatic hydroxyl groups is 1. The van der Waals surface area contributed by atoms with Gasteiger partial charge in [0.2, 0.25) is 0 Å². The fourth-order valence-corrected chi connectivity index (χ4v) is 3.17. The first kappa shape index (κ1) is 15.4. The number of Topliss-reactive ketones (excluding diaryl/α,β-unsaturated/α-hetero) is 1. The van der Waals surface area contributed by atoms with Crippen molar-refractivity contribution in [1.82, 2.24) is 10.2 Å². The number of ketones is 1. The Balaban J connectivity index is 2.07. The minimum Gasteiger partial charge on any atom is -0.504 e. The van der Waals surface area contributed by atoms with Gasteiger partial charge in [0, 0.05) is 24.7 Å². The fraction of sp³-hybridized carbons (Fsp3) is 0.412. The summed E-state index contributed by atoms with van der Waals surface area (Å²) < 4.78 is 5.40. The first-order valence-corrected chi connectivity index (χ1v) is 7.79. The third-order valence-electron chi connectivity index (χ3n) is 4.31. The molecule has 0 spiro atoms. The zero-order valence-corrected chi connectivity index (χ0v) is 13.3. The molecule has 1 aromatic carbocycles. The third kappa shape index (κ3) is 2.65. The molecule has 1 aliphatic carbocycles. The molecule has 1 unspecified atom stereocenters. The molecule has 1 atom stereocenters. The average Bonchev–Trinajstić information content (AvgIpc) is 2.53. The fourth-order valence-electron chi connectivity index (χ4n) is 3.17. The molecule has 0 radical (unpaired) electrons. The lowest BCUT2D eigenvalue weighted by atomic mass is 9.85. The van der Waals surface area contributed by atoms with Gasteiger partial charge in [-0.3, -0.25) is 4.79 Å². The molecule has 122 valence electrons. The van der Waals surface area contributed by atoms with Crippen molar-refractivity contribution in [1.29, 1.82) is 0 Å². The molecule has 2 aliphatic rings. The molecule has 0 aromatic heterocycles. The van der Waals surface area contributed by atoms with Crippen molar-refractivity contribution in [3.05, 3.63) is 35.0 Å². The van der Waals surface area contributed by atoms with Crippen LogP contribution in [0.25, 0.3) is 0 Å². The topological polar surface area (TPSA) is 78.9 Å². The Bertz CT molecular complexity index is 696. The van der Waals surface area contributed by atoms with Crippen molar-refractivity contribution in [2.24, 2.45) is 0 Å². The minimum atomic E-state index is -0.499. The van der Waals surface area contributed by atoms with Gasteiger partial charge in [-0.1, -0.05) is 6.07 Å². The van der Waals surface area contributed by atoms with Gasteiger partial charge in [0.25, 0.3) is 0 Å². The van der Waals surface area contributed by atoms with Crippen molar-refractivity contribution in [2.75, 3.05) is 13.7 Å². The highest BCUT2D eigenvalue weighted by molar-refractivity contribution is 6.00. The van der Waals surface area contributed by atoms with Crippen LogP contribution in [0.3, 0.4) is 0 Å². The van der Waals surface area contributed by atoms with E-state index in [0.717, 1.165) is 24.1 Å². The second-order valence-corrected chi connectivity index (χ2v) is 5.74. The Hall–Kier alpha value is -2.50. The smallest absolute Gasteiger partial charge is 0.322 e. The summed E-state index contributed by atoms with van der Waals surface area (Å²) in [7, 11) is 1.68. The maximum Gasteiger partial charge on any atom is 0.322 e. The van der Waals surface area contributed by atoms with Gasteiger partial charge in [0.1, 0.15) is 0 Å². The van der Waals surface area contributed by atoms with Gasteiger partial charge in [-0.2, -0.15) is 0 Å². The quantitative estimate of drug-likeness (QED) is 0.898. The van der Waals surface area contributed by atoms with E-state index >= 15 is 0 Å². The van der Waals surface area contributed by atoms with Crippen LogP contribution in [0.1, 0.15) is 37.8 Å². The molecule has 1 heterocycles. The van der Waals surface area contributed by atoms with Crippen LogP contribution in [-0.4, -0.2) is 35.5 Å². The third-order valence-corrected chi connectivity index (χ3v) is 4.31. The standard InChI is InChI=1S/C17H20N2O4/c1-3-23-14-9-10(7-8-12(14)20)16-15-11(5-4-6-13(15)21)19(2)17(22)18-16/h7-9,16,20H,3-6H2,1-2H3,(H,18,22). The zero-order valence-electron chi connectivity index (χ0n) is 13.3. The van der Waals surface area contributed by atoms with Crippen molar-refractivity contribution < 1.29 is 19.4 Å². The summed E-state index contributed by atoms with van der Waals surface area (Å²) in [5.41, 5.74) is 2.17. The Kier molecular flexibility index (Phi) is 3.98. The second-order valence-electron chi connectivity index (χ2n) is 5.74. The van der Waals surface area contributed by atoms with Gasteiger partial charge >= 0.3 is 6.03 Å². The lowest BCUT2D eigenvalue weighted by molar-refractivity contribution is -0.116. The van der Waals surface area contributed by atoms with E-state index in [1.807, 2.05) is 6.92 Å². The summed E-state index contributed by atoms with van der Waals surface area (Å²) in [4.78, 5) is 26.2. The van der Waals surface area contributed by atoms with Crippen LogP contribution in [0.5, 0.6) is 11.5 Å². The number of carbonyl (C=O) groups excluding carboxylic acids is 2. The average molecular weight is 316 g/mol. The SMILES string of the molecule is CCOc1cc(C2NC(=O)N(C)C3=C2C(=O)CCC3)ccc1O. The van der Waals surface area contributed by atoms with Crippen molar-refractivity contribution in [3.8, 4) is 11.5 Å². The van der Waals surface area contributed by atoms with E-state index in [4.69, 9.17) is 4.74 Å². The highest BCUT2D eigenvalue weighted by Gasteiger charge is 2.37. The van der Waals surface area contributed by atoms with Gasteiger partial charge in [-0.15, -0.1) is 0 Å². The monoisotopic (exact) mass is 316 g/mol. The van der Waals surface area contributed by atoms with Gasteiger partial charge in [-0.25, -0.2) is 4.79 Å². The van der Waals surface area contributed by atoms with E-state index in [1.54, 1.807) is 19.2 Å². The number of phenolic OH excluding ortho intramolecular Hbond substituents is 1. The first-order valence-electron chi connectivity index (χ1n) is 7.79. The summed E-state index contributed by atoms with van der Waals surface area (Å²) in [5.74, 6) is 0.455. The predicted octanol–water partition coefficient (Wildman–Crippen LogP) is 2.49. The molecule has 1 aliphatic heterocycles. The minimum absolute atomic E-state index is 0.0408. The number of carbonyl (C=O) groups is 2. The largest absolute Gasteiger partial charge is 0.504 e. The number of amides is 2. The summed E-state index contributed by atoms with van der Waals surface area (Å²) in [6.45, 7) is 2.25. The number of nitrogens with zero attached hydrogens (tertiary/aromatic N) is 1. The maximum absolute atomic E-state index is 12.4. The second kappa shape index (κ2) is 5.95. The van der Waals surface area contributed by atoms with Crippen LogP contribution >= 0.6 is 0 Å². The molecule has 2 N–H and O–H groups in total. The number of ether oxygens (including phenoxy) is 1. The molecule has 3 rings (SSSR count). The maximum atomic E-state index is 12.4. The lowest BCUT2D eigenvalue weighted by Crippen LogP contribution is -2.47. The molecule has 0 saturated heterocycles. The molecule has 0 bridgehead atoms. The van der Waals surface area contributed by atoms with Crippen LogP contribution < -0.4 is 10.1 Å². The van der Waals surface area contributed by atoms with Gasteiger partial charge in [0.05, 0.1) is 12.6 Å². The van der Waals surface area contributed by atoms with E-state index in [2.05, 4.69) is 5.32 Å². The van der Waals surface area contributed by atoms with E-state index in [1.165, 1.54) is 11.0 Å². The number of rotatable bonds is 3. The van der Waals surface area contributed by atoms with Crippen LogP contribution in [0.15, 0.2) is 29.5 Å². The van der Waals surface area contributed by atoms with Gasteiger partial charge in [0.15, 0.2) is 17.3 Å². The summed E-state index contributed by atoms with van der Waals surface area (Å²) in [6, 6.07) is 4.19. The first-order chi connectivity index (χ1) is 11.0. The van der Waals surface area contributed by atoms with Gasteiger partial charge < -0.3 is 20.1 Å². The van der Waals surface area contributed by atoms with Crippen LogP contribution in [0, 0.1) is 0 Å². The normalized spacial score (nSPS) is 21.1. The van der Waals surface area contributed by atoms with Crippen molar-refractivity contribution in [2.45, 2.75) is 32.2 Å². The number of phenols is 1. The van der Waals surface area contributed by atoms with E-state index in [-0.39, 0.29) is 17.6 Å². The van der Waals surface area contributed by atoms with Crippen molar-refractivity contribution in [3.63, 3.8) is 0 Å². The van der Waals surface area contributed by atoms with Gasteiger partial charge in [-0.05, 0) is 37.5 Å². The van der Waals surface area contributed by atoms with Crippen LogP contribution in [-0.2, 0) is 4.79 Å². The zero-order chi connectivity index (χ0) is 16.6. The Labute approximate surface area is 134 Å². The predicted molar refractivity (Wildman–Crippen MR) is 84.2 cm³/mol. The molecular formula is C17H20N2O4. The Morgan fingerprint density at radius 1 is 1.35 bits per heavy atom. The summed E-state index contributed by atoms with van der Waals surface area (Å²) >= 11 is 0. The Morgan fingerprint density at radius 2 is 2.13 bits per heavy atom. The molecular weight excluding hydrogens is 296 g/mol. The molecule has 0 saturated carbocycles. The number of hydrogen-bond acceptors (Lipinski definition) is 4. The molecule has 6 nitrogen and oxygen atoms in total. The van der Waals surface area contributed by atoms with Crippen LogP contribution in [0.4, 0.5) is 4.79 Å². The van der Waals surface area contributed by atoms with E-state index in [9.17, 15) is 14.7 Å². The molecule has 1 aromatic rings. The van der Waals surface area contributed by atoms with Crippen LogP contribution in [0.2, 0.25) is 0 Å². The molecule has 6 heteroatoms. The van der Waals surface area contributed by atoms with E-state index < -0.39 is 6.04 Å². The lowest BCUT2D eigenvalue weighted by Gasteiger charge is -2.37. The summed E-state index contributed by atoms with van der Waals surface area (Å²) in [5, 5.41) is 12.7. The van der Waals surface area contributed by atoms with Crippen molar-refractivity contribution >= 4 is 11.8 Å². The number of allylic oxidation sites excluding steroid dienone is 1. The number of benzene rings is 1. The number of nitrogens with one attached hydrogen (secondary N) is 1. The Morgan fingerprint density at radius 3 is 2.87 bits per heavy atom.